The van der Waals surface area contributed by atoms with Gasteiger partial charge in [0.25, 0.3) is 0 Å². The molecule has 1 amide bonds. The first-order chi connectivity index (χ1) is 21.2. The number of hydrogen-bond acceptors (Lipinski definition) is 6. The van der Waals surface area contributed by atoms with Crippen molar-refractivity contribution >= 4 is 29.2 Å². The van der Waals surface area contributed by atoms with Crippen LogP contribution in [0, 0.1) is 12.8 Å². The fraction of sp³-hybridized carbons (Fsp3) is 0.429. The largest absolute Gasteiger partial charge is 0.481 e. The Labute approximate surface area is 264 Å². The highest BCUT2D eigenvalue weighted by molar-refractivity contribution is 6.30. The van der Waals surface area contributed by atoms with E-state index in [-0.39, 0.29) is 25.2 Å². The average molecular weight is 621 g/mol. The van der Waals surface area contributed by atoms with Crippen molar-refractivity contribution < 1.29 is 28.9 Å². The third-order valence-corrected chi connectivity index (χ3v) is 9.10. The zero-order chi connectivity index (χ0) is 31.4. The molecular formula is C35H41ClN2O6. The molecule has 2 heterocycles. The number of aliphatic carboxylic acids is 1. The zero-order valence-electron chi connectivity index (χ0n) is 25.8. The molecule has 0 aromatic heterocycles. The second kappa shape index (κ2) is 14.0. The third kappa shape index (κ3) is 6.58. The molecule has 0 radical (unpaired) electrons. The number of carbonyl (C=O) groups excluding carboxylic acids is 1. The SMILES string of the molecule is CCc1cc(Cl)cc(CC)c1NC(=O)CN1C[C@H](c2ccc3c(c2C)OCO3)C(C(=O)O)[C@@H]1c1ccc(CCCOC)cc1. The molecule has 0 aliphatic carbocycles. The molecule has 1 fully saturated rings. The van der Waals surface area contributed by atoms with Crippen molar-refractivity contribution in [1.82, 2.24) is 4.90 Å². The van der Waals surface area contributed by atoms with Crippen molar-refractivity contribution in [1.29, 1.82) is 0 Å². The van der Waals surface area contributed by atoms with Crippen molar-refractivity contribution in [2.75, 3.05) is 38.9 Å². The lowest BCUT2D eigenvalue weighted by atomic mass is 9.81. The molecule has 5 rings (SSSR count). The van der Waals surface area contributed by atoms with Crippen LogP contribution in [0.5, 0.6) is 11.5 Å². The van der Waals surface area contributed by atoms with E-state index in [1.807, 2.05) is 62.1 Å². The van der Waals surface area contributed by atoms with Gasteiger partial charge < -0.3 is 24.6 Å². The second-order valence-corrected chi connectivity index (χ2v) is 12.0. The van der Waals surface area contributed by atoms with Gasteiger partial charge in [-0.3, -0.25) is 14.5 Å². The fourth-order valence-electron chi connectivity index (χ4n) is 6.74. The van der Waals surface area contributed by atoms with Crippen LogP contribution in [0.15, 0.2) is 48.5 Å². The molecule has 3 atom stereocenters. The van der Waals surface area contributed by atoms with Crippen LogP contribution in [-0.4, -0.2) is 55.5 Å². The summed E-state index contributed by atoms with van der Waals surface area (Å²) in [7, 11) is 1.69. The summed E-state index contributed by atoms with van der Waals surface area (Å²) in [5, 5.41) is 14.5. The van der Waals surface area contributed by atoms with E-state index in [2.05, 4.69) is 17.4 Å². The lowest BCUT2D eigenvalue weighted by Gasteiger charge is -2.27. The van der Waals surface area contributed by atoms with Gasteiger partial charge in [-0.1, -0.05) is 55.8 Å². The first-order valence-corrected chi connectivity index (χ1v) is 15.7. The summed E-state index contributed by atoms with van der Waals surface area (Å²) in [5.41, 5.74) is 6.53. The Kier molecular flexibility index (Phi) is 10.1. The van der Waals surface area contributed by atoms with E-state index >= 15 is 0 Å². The number of amides is 1. The maximum absolute atomic E-state index is 13.7. The Balaban J connectivity index is 1.49. The minimum Gasteiger partial charge on any atom is -0.481 e. The summed E-state index contributed by atoms with van der Waals surface area (Å²) in [4.78, 5) is 28.8. The zero-order valence-corrected chi connectivity index (χ0v) is 26.6. The predicted molar refractivity (Wildman–Crippen MR) is 171 cm³/mol. The number of ether oxygens (including phenoxy) is 3. The smallest absolute Gasteiger partial charge is 0.309 e. The minimum absolute atomic E-state index is 0.0407. The molecule has 0 saturated carbocycles. The number of hydrogen-bond donors (Lipinski definition) is 2. The summed E-state index contributed by atoms with van der Waals surface area (Å²) in [6.07, 6.45) is 3.21. The Morgan fingerprint density at radius 3 is 2.41 bits per heavy atom. The molecule has 3 aromatic carbocycles. The molecule has 9 heteroatoms. The van der Waals surface area contributed by atoms with Gasteiger partial charge in [0.05, 0.1) is 12.5 Å². The number of anilines is 1. The topological polar surface area (TPSA) is 97.3 Å². The van der Waals surface area contributed by atoms with Gasteiger partial charge in [-0.05, 0) is 84.2 Å². The molecule has 1 unspecified atom stereocenters. The summed E-state index contributed by atoms with van der Waals surface area (Å²) >= 11 is 6.36. The van der Waals surface area contributed by atoms with E-state index in [0.717, 1.165) is 64.8 Å². The van der Waals surface area contributed by atoms with Crippen molar-refractivity contribution in [3.63, 3.8) is 0 Å². The van der Waals surface area contributed by atoms with Crippen molar-refractivity contribution in [3.8, 4) is 11.5 Å². The van der Waals surface area contributed by atoms with Gasteiger partial charge in [0.2, 0.25) is 12.7 Å². The minimum atomic E-state index is -0.900. The molecule has 1 saturated heterocycles. The van der Waals surface area contributed by atoms with Gasteiger partial charge in [0.1, 0.15) is 0 Å². The number of nitrogens with one attached hydrogen (secondary N) is 1. The molecule has 234 valence electrons. The molecule has 44 heavy (non-hydrogen) atoms. The van der Waals surface area contributed by atoms with E-state index in [1.165, 1.54) is 0 Å². The van der Waals surface area contributed by atoms with Gasteiger partial charge in [0, 0.05) is 42.9 Å². The van der Waals surface area contributed by atoms with Gasteiger partial charge in [-0.25, -0.2) is 0 Å². The summed E-state index contributed by atoms with van der Waals surface area (Å²) in [6, 6.07) is 15.2. The molecule has 2 aliphatic heterocycles. The average Bonchev–Trinajstić information content (AvgIpc) is 3.64. The van der Waals surface area contributed by atoms with Gasteiger partial charge in [0.15, 0.2) is 11.5 Å². The van der Waals surface area contributed by atoms with Crippen LogP contribution < -0.4 is 14.8 Å². The monoisotopic (exact) mass is 620 g/mol. The maximum Gasteiger partial charge on any atom is 0.309 e. The number of aryl methyl sites for hydroxylation is 3. The fourth-order valence-corrected chi connectivity index (χ4v) is 7.01. The Bertz CT molecular complexity index is 1480. The Morgan fingerprint density at radius 2 is 1.77 bits per heavy atom. The molecule has 2 aliphatic rings. The number of fused-ring (bicyclic) bond motifs is 1. The van der Waals surface area contributed by atoms with E-state index in [1.54, 1.807) is 7.11 Å². The number of rotatable bonds is 12. The summed E-state index contributed by atoms with van der Waals surface area (Å²) in [5.74, 6) is -0.923. The van der Waals surface area contributed by atoms with Crippen LogP contribution in [-0.2, 0) is 33.6 Å². The highest BCUT2D eigenvalue weighted by Gasteiger charge is 2.48. The highest BCUT2D eigenvalue weighted by atomic mass is 35.5. The van der Waals surface area contributed by atoms with E-state index in [4.69, 9.17) is 25.8 Å². The standard InChI is InChI=1S/C35H41ClN2O6/c1-5-23-16-26(36)17-24(6-2)32(23)37-30(39)19-38-18-28(27-13-14-29-34(21(27)3)44-20-43-29)31(35(40)41)33(38)25-11-9-22(10-12-25)8-7-15-42-4/h9-14,16-17,28,31,33H,5-8,15,18-20H2,1-4H3,(H,37,39)(H,40,41)/t28-,31?,33+/m1/s1. The number of carbonyl (C=O) groups is 2. The molecule has 8 nitrogen and oxygen atoms in total. The van der Waals surface area contributed by atoms with Crippen molar-refractivity contribution in [2.45, 2.75) is 58.4 Å². The van der Waals surface area contributed by atoms with Crippen LogP contribution in [0.1, 0.15) is 65.6 Å². The van der Waals surface area contributed by atoms with Crippen LogP contribution >= 0.6 is 11.6 Å². The molecule has 3 aromatic rings. The third-order valence-electron chi connectivity index (χ3n) is 8.89. The van der Waals surface area contributed by atoms with Crippen molar-refractivity contribution in [2.24, 2.45) is 5.92 Å². The van der Waals surface area contributed by atoms with Crippen LogP contribution in [0.25, 0.3) is 0 Å². The van der Waals surface area contributed by atoms with Gasteiger partial charge in [-0.15, -0.1) is 0 Å². The van der Waals surface area contributed by atoms with Crippen LogP contribution in [0.4, 0.5) is 5.69 Å². The first-order valence-electron chi connectivity index (χ1n) is 15.3. The normalized spacial score (nSPS) is 19.3. The lowest BCUT2D eigenvalue weighted by molar-refractivity contribution is -0.143. The molecule has 0 spiro atoms. The number of methoxy groups -OCH3 is 1. The highest BCUT2D eigenvalue weighted by Crippen LogP contribution is 2.49. The van der Waals surface area contributed by atoms with E-state index in [0.29, 0.717) is 29.7 Å². The molecular weight excluding hydrogens is 580 g/mol. The number of benzene rings is 3. The lowest BCUT2D eigenvalue weighted by Crippen LogP contribution is -2.35. The van der Waals surface area contributed by atoms with Crippen molar-refractivity contribution in [3.05, 3.63) is 86.9 Å². The predicted octanol–water partition coefficient (Wildman–Crippen LogP) is 6.56. The van der Waals surface area contributed by atoms with Crippen LogP contribution in [0.2, 0.25) is 5.02 Å². The Morgan fingerprint density at radius 1 is 1.07 bits per heavy atom. The number of carboxylic acid groups (broad SMARTS) is 1. The summed E-state index contributed by atoms with van der Waals surface area (Å²) in [6.45, 7) is 7.27. The number of likely N-dealkylation sites (tertiary alicyclic amines) is 1. The summed E-state index contributed by atoms with van der Waals surface area (Å²) < 4.78 is 16.5. The van der Waals surface area contributed by atoms with E-state index in [9.17, 15) is 14.7 Å². The van der Waals surface area contributed by atoms with Gasteiger partial charge >= 0.3 is 5.97 Å². The number of halogens is 1. The second-order valence-electron chi connectivity index (χ2n) is 11.6. The maximum atomic E-state index is 13.7. The Hall–Kier alpha value is -3.59. The van der Waals surface area contributed by atoms with Gasteiger partial charge in [-0.2, -0.15) is 0 Å². The number of nitrogens with zero attached hydrogens (tertiary/aromatic N) is 1. The number of carboxylic acids is 1. The molecule has 0 bridgehead atoms. The first kappa shape index (κ1) is 31.8. The van der Waals surface area contributed by atoms with Crippen LogP contribution in [0.3, 0.4) is 0 Å². The molecule has 2 N–H and O–H groups in total. The van der Waals surface area contributed by atoms with E-state index < -0.39 is 17.9 Å². The quantitative estimate of drug-likeness (QED) is 0.221.